The van der Waals surface area contributed by atoms with Crippen molar-refractivity contribution in [2.24, 2.45) is 11.7 Å². The fourth-order valence-electron chi connectivity index (χ4n) is 2.45. The number of hydrogen-bond donors (Lipinski definition) is 2. The second-order valence-electron chi connectivity index (χ2n) is 5.25. The maximum absolute atomic E-state index is 12.1. The minimum atomic E-state index is -0.330. The topological polar surface area (TPSA) is 98.7 Å². The molecule has 6 heteroatoms. The van der Waals surface area contributed by atoms with Gasteiger partial charge in [0.2, 0.25) is 11.8 Å². The van der Waals surface area contributed by atoms with Gasteiger partial charge < -0.3 is 21.1 Å². The summed E-state index contributed by atoms with van der Waals surface area (Å²) in [6, 6.07) is 7.09. The molecular weight excluding hydrogens is 270 g/mol. The third kappa shape index (κ3) is 4.37. The molecule has 0 spiro atoms. The monoisotopic (exact) mass is 291 g/mol. The Bertz CT molecular complexity index is 519. The number of hydrogen-bond acceptors (Lipinski definition) is 4. The van der Waals surface area contributed by atoms with E-state index in [1.54, 1.807) is 29.2 Å². The molecule has 1 atom stereocenters. The molecule has 1 unspecified atom stereocenters. The molecule has 0 radical (unpaired) electrons. The summed E-state index contributed by atoms with van der Waals surface area (Å²) in [4.78, 5) is 25.0. The van der Waals surface area contributed by atoms with Crippen LogP contribution in [0, 0.1) is 5.92 Å². The minimum absolute atomic E-state index is 0.00940. The number of nitrogen functional groups attached to an aromatic ring is 1. The van der Waals surface area contributed by atoms with Gasteiger partial charge in [-0.15, -0.1) is 0 Å². The maximum Gasteiger partial charge on any atom is 0.226 e. The van der Waals surface area contributed by atoms with Crippen molar-refractivity contribution in [1.82, 2.24) is 4.90 Å². The molecule has 4 N–H and O–H groups in total. The summed E-state index contributed by atoms with van der Waals surface area (Å²) < 4.78 is 5.50. The van der Waals surface area contributed by atoms with Crippen molar-refractivity contribution in [3.05, 3.63) is 24.3 Å². The molecule has 0 saturated carbocycles. The van der Waals surface area contributed by atoms with Crippen LogP contribution in [0.15, 0.2) is 24.3 Å². The lowest BCUT2D eigenvalue weighted by Gasteiger charge is -2.31. The van der Waals surface area contributed by atoms with Gasteiger partial charge in [-0.1, -0.05) is 6.07 Å². The number of benzene rings is 1. The first kappa shape index (κ1) is 15.2. The summed E-state index contributed by atoms with van der Waals surface area (Å²) in [5.41, 5.74) is 11.6. The predicted molar refractivity (Wildman–Crippen MR) is 79.5 cm³/mol. The molecule has 114 valence electrons. The molecular formula is C15H21N3O3. The van der Waals surface area contributed by atoms with E-state index in [1.165, 1.54) is 0 Å². The van der Waals surface area contributed by atoms with Gasteiger partial charge in [-0.2, -0.15) is 0 Å². The van der Waals surface area contributed by atoms with E-state index in [4.69, 9.17) is 16.2 Å². The summed E-state index contributed by atoms with van der Waals surface area (Å²) >= 11 is 0. The van der Waals surface area contributed by atoms with Gasteiger partial charge >= 0.3 is 0 Å². The minimum Gasteiger partial charge on any atom is -0.493 e. The first-order valence-electron chi connectivity index (χ1n) is 7.11. The Morgan fingerprint density at radius 2 is 2.19 bits per heavy atom. The Morgan fingerprint density at radius 1 is 1.38 bits per heavy atom. The molecule has 6 nitrogen and oxygen atoms in total. The molecule has 2 amide bonds. The number of piperidine rings is 1. The van der Waals surface area contributed by atoms with Crippen molar-refractivity contribution < 1.29 is 14.3 Å². The van der Waals surface area contributed by atoms with Crippen LogP contribution < -0.4 is 16.2 Å². The average Bonchev–Trinajstić information content (AvgIpc) is 2.47. The number of likely N-dealkylation sites (tertiary alicyclic amines) is 1. The van der Waals surface area contributed by atoms with Gasteiger partial charge in [0.25, 0.3) is 0 Å². The SMILES string of the molecule is NC(=O)C1CCCN(C(=O)CCOc2cccc(N)c2)C1. The number of carbonyl (C=O) groups excluding carboxylic acids is 2. The molecule has 0 bridgehead atoms. The zero-order chi connectivity index (χ0) is 15.2. The van der Waals surface area contributed by atoms with Gasteiger partial charge in [-0.05, 0) is 25.0 Å². The number of ether oxygens (including phenoxy) is 1. The van der Waals surface area contributed by atoms with E-state index in [9.17, 15) is 9.59 Å². The number of amides is 2. The van der Waals surface area contributed by atoms with Crippen molar-refractivity contribution >= 4 is 17.5 Å². The van der Waals surface area contributed by atoms with Crippen LogP contribution in [0.2, 0.25) is 0 Å². The van der Waals surface area contributed by atoms with Gasteiger partial charge in [0, 0.05) is 24.8 Å². The van der Waals surface area contributed by atoms with Crippen LogP contribution in [0.3, 0.4) is 0 Å². The van der Waals surface area contributed by atoms with Crippen molar-refractivity contribution in [1.29, 1.82) is 0 Å². The second kappa shape index (κ2) is 6.97. The van der Waals surface area contributed by atoms with Gasteiger partial charge in [0.05, 0.1) is 18.9 Å². The lowest BCUT2D eigenvalue weighted by Crippen LogP contribution is -2.44. The Balaban J connectivity index is 1.78. The average molecular weight is 291 g/mol. The molecule has 1 saturated heterocycles. The van der Waals surface area contributed by atoms with Gasteiger partial charge in [-0.3, -0.25) is 9.59 Å². The number of nitrogens with zero attached hydrogens (tertiary/aromatic N) is 1. The largest absolute Gasteiger partial charge is 0.493 e. The van der Waals surface area contributed by atoms with Crippen LogP contribution in [0.5, 0.6) is 5.75 Å². The highest BCUT2D eigenvalue weighted by Gasteiger charge is 2.26. The molecule has 1 aliphatic heterocycles. The van der Waals surface area contributed by atoms with Crippen LogP contribution in [0.1, 0.15) is 19.3 Å². The molecule has 1 heterocycles. The Hall–Kier alpha value is -2.24. The second-order valence-corrected chi connectivity index (χ2v) is 5.25. The van der Waals surface area contributed by atoms with Crippen molar-refractivity contribution in [2.75, 3.05) is 25.4 Å². The van der Waals surface area contributed by atoms with E-state index in [1.807, 2.05) is 0 Å². The molecule has 1 fully saturated rings. The third-order valence-electron chi connectivity index (χ3n) is 3.62. The fourth-order valence-corrected chi connectivity index (χ4v) is 2.45. The lowest BCUT2D eigenvalue weighted by atomic mass is 9.97. The summed E-state index contributed by atoms with van der Waals surface area (Å²) in [6.07, 6.45) is 1.86. The maximum atomic E-state index is 12.1. The van der Waals surface area contributed by atoms with Gasteiger partial charge in [-0.25, -0.2) is 0 Å². The number of rotatable bonds is 5. The van der Waals surface area contributed by atoms with E-state index < -0.39 is 0 Å². The smallest absolute Gasteiger partial charge is 0.226 e. The number of anilines is 1. The number of carbonyl (C=O) groups is 2. The molecule has 21 heavy (non-hydrogen) atoms. The third-order valence-corrected chi connectivity index (χ3v) is 3.62. The van der Waals surface area contributed by atoms with Crippen LogP contribution in [-0.2, 0) is 9.59 Å². The van der Waals surface area contributed by atoms with Gasteiger partial charge in [0.15, 0.2) is 0 Å². The molecule has 0 aliphatic carbocycles. The normalized spacial score (nSPS) is 18.3. The zero-order valence-electron chi connectivity index (χ0n) is 12.0. The quantitative estimate of drug-likeness (QED) is 0.782. The van der Waals surface area contributed by atoms with E-state index in [0.717, 1.165) is 12.8 Å². The van der Waals surface area contributed by atoms with E-state index in [0.29, 0.717) is 31.1 Å². The molecule has 1 aromatic carbocycles. The Labute approximate surface area is 124 Å². The summed E-state index contributed by atoms with van der Waals surface area (Å²) in [6.45, 7) is 1.40. The highest BCUT2D eigenvalue weighted by Crippen LogP contribution is 2.18. The summed E-state index contributed by atoms with van der Waals surface area (Å²) in [7, 11) is 0. The van der Waals surface area contributed by atoms with Crippen LogP contribution in [0.4, 0.5) is 5.69 Å². The van der Waals surface area contributed by atoms with Crippen LogP contribution >= 0.6 is 0 Å². The Kier molecular flexibility index (Phi) is 5.03. The van der Waals surface area contributed by atoms with Crippen molar-refractivity contribution in [2.45, 2.75) is 19.3 Å². The zero-order valence-corrected chi connectivity index (χ0v) is 12.0. The van der Waals surface area contributed by atoms with Crippen LogP contribution in [-0.4, -0.2) is 36.4 Å². The standard InChI is InChI=1S/C15H21N3O3/c16-12-4-1-5-13(9-12)21-8-6-14(19)18-7-2-3-11(10-18)15(17)20/h1,4-5,9,11H,2-3,6-8,10,16H2,(H2,17,20). The van der Waals surface area contributed by atoms with Gasteiger partial charge in [0.1, 0.15) is 5.75 Å². The van der Waals surface area contributed by atoms with E-state index in [2.05, 4.69) is 0 Å². The molecule has 2 rings (SSSR count). The highest BCUT2D eigenvalue weighted by atomic mass is 16.5. The molecule has 0 aromatic heterocycles. The predicted octanol–water partition coefficient (Wildman–Crippen LogP) is 0.762. The van der Waals surface area contributed by atoms with Crippen molar-refractivity contribution in [3.8, 4) is 5.75 Å². The fraction of sp³-hybridized carbons (Fsp3) is 0.467. The van der Waals surface area contributed by atoms with E-state index in [-0.39, 0.29) is 24.2 Å². The lowest BCUT2D eigenvalue weighted by molar-refractivity contribution is -0.135. The highest BCUT2D eigenvalue weighted by molar-refractivity contribution is 5.80. The van der Waals surface area contributed by atoms with Crippen LogP contribution in [0.25, 0.3) is 0 Å². The summed E-state index contributed by atoms with van der Waals surface area (Å²) in [5.74, 6) is 0.0855. The Morgan fingerprint density at radius 3 is 2.90 bits per heavy atom. The van der Waals surface area contributed by atoms with E-state index >= 15 is 0 Å². The first-order chi connectivity index (χ1) is 10.1. The number of primary amides is 1. The number of nitrogens with two attached hydrogens (primary N) is 2. The van der Waals surface area contributed by atoms with Crippen molar-refractivity contribution in [3.63, 3.8) is 0 Å². The molecule has 1 aromatic rings. The molecule has 1 aliphatic rings. The first-order valence-corrected chi connectivity index (χ1v) is 7.11. The summed E-state index contributed by atoms with van der Waals surface area (Å²) in [5, 5.41) is 0.